The molecule has 0 aliphatic rings. The van der Waals surface area contributed by atoms with Crippen LogP contribution in [0.5, 0.6) is 11.5 Å². The molecule has 0 saturated heterocycles. The molecular weight excluding hydrogens is 424 g/mol. The Balaban J connectivity index is 1.87. The third-order valence-corrected chi connectivity index (χ3v) is 4.24. The van der Waals surface area contributed by atoms with Crippen LogP contribution in [0.4, 0.5) is 17.5 Å². The second-order valence-electron chi connectivity index (χ2n) is 5.79. The summed E-state index contributed by atoms with van der Waals surface area (Å²) in [6, 6.07) is 14.9. The van der Waals surface area contributed by atoms with Gasteiger partial charge in [0.05, 0.1) is 18.9 Å². The fourth-order valence-corrected chi connectivity index (χ4v) is 2.96. The van der Waals surface area contributed by atoms with Crippen molar-refractivity contribution in [3.63, 3.8) is 0 Å². The Morgan fingerprint density at radius 2 is 1.86 bits per heavy atom. The number of halogens is 1. The summed E-state index contributed by atoms with van der Waals surface area (Å²) >= 11 is 3.49. The quantitative estimate of drug-likeness (QED) is 0.482. The Labute approximate surface area is 171 Å². The zero-order valence-corrected chi connectivity index (χ0v) is 16.9. The third kappa shape index (κ3) is 5.11. The molecule has 1 heterocycles. The zero-order chi connectivity index (χ0) is 19.9. The molecule has 7 nitrogen and oxygen atoms in total. The van der Waals surface area contributed by atoms with E-state index >= 15 is 0 Å². The number of nitrogens with one attached hydrogen (secondary N) is 1. The van der Waals surface area contributed by atoms with Crippen LogP contribution in [0.3, 0.4) is 0 Å². The van der Waals surface area contributed by atoms with Crippen molar-refractivity contribution in [2.45, 2.75) is 6.92 Å². The lowest BCUT2D eigenvalue weighted by Gasteiger charge is -2.13. The number of nitrogens with zero attached hydrogens (tertiary/aromatic N) is 2. The monoisotopic (exact) mass is 444 g/mol. The van der Waals surface area contributed by atoms with Crippen molar-refractivity contribution in [1.29, 1.82) is 0 Å². The van der Waals surface area contributed by atoms with Gasteiger partial charge in [-0.3, -0.25) is 0 Å². The number of nitrogens with two attached hydrogens (primary N) is 1. The topological polar surface area (TPSA) is 103 Å². The highest BCUT2D eigenvalue weighted by atomic mass is 79.9. The largest absolute Gasteiger partial charge is 0.493 e. The molecule has 8 heteroatoms. The maximum absolute atomic E-state index is 8.82. The number of nitrogen functional groups attached to an aromatic ring is 1. The van der Waals surface area contributed by atoms with E-state index in [0.29, 0.717) is 23.9 Å². The van der Waals surface area contributed by atoms with Crippen LogP contribution in [-0.2, 0) is 0 Å². The van der Waals surface area contributed by atoms with Crippen molar-refractivity contribution < 1.29 is 14.6 Å². The fraction of sp³-hybridized carbons (Fsp3) is 0.200. The Morgan fingerprint density at radius 3 is 2.57 bits per heavy atom. The zero-order valence-electron chi connectivity index (χ0n) is 15.4. The van der Waals surface area contributed by atoms with E-state index in [-0.39, 0.29) is 19.2 Å². The van der Waals surface area contributed by atoms with Gasteiger partial charge in [0, 0.05) is 21.8 Å². The summed E-state index contributed by atoms with van der Waals surface area (Å²) in [5, 5.41) is 12.0. The Bertz CT molecular complexity index is 935. The van der Waals surface area contributed by atoms with Gasteiger partial charge in [-0.2, -0.15) is 4.98 Å². The maximum Gasteiger partial charge on any atom is 0.222 e. The van der Waals surface area contributed by atoms with Gasteiger partial charge in [0.1, 0.15) is 23.9 Å². The number of aromatic nitrogens is 2. The number of rotatable bonds is 8. The molecule has 4 N–H and O–H groups in total. The standard InChI is InChI=1S/C20H21BrN4O3/c1-2-27-18-8-3-13(21)11-16(18)17-12-19(25-20(22)24-17)23-14-4-6-15(7-5-14)28-10-9-26/h3-8,11-12,26H,2,9-10H2,1H3,(H3,22,23,24,25). The van der Waals surface area contributed by atoms with Crippen LogP contribution < -0.4 is 20.5 Å². The fourth-order valence-electron chi connectivity index (χ4n) is 2.60. The van der Waals surface area contributed by atoms with E-state index in [4.69, 9.17) is 20.3 Å². The first kappa shape index (κ1) is 19.9. The van der Waals surface area contributed by atoms with Crippen molar-refractivity contribution in [3.8, 4) is 22.8 Å². The lowest BCUT2D eigenvalue weighted by molar-refractivity contribution is 0.201. The molecule has 0 bridgehead atoms. The average Bonchev–Trinajstić information content (AvgIpc) is 2.68. The van der Waals surface area contributed by atoms with Gasteiger partial charge >= 0.3 is 0 Å². The van der Waals surface area contributed by atoms with Crippen molar-refractivity contribution in [2.75, 3.05) is 30.9 Å². The highest BCUT2D eigenvalue weighted by Crippen LogP contribution is 2.33. The first-order valence-electron chi connectivity index (χ1n) is 8.77. The second-order valence-corrected chi connectivity index (χ2v) is 6.71. The van der Waals surface area contributed by atoms with Crippen LogP contribution in [0.1, 0.15) is 6.92 Å². The second kappa shape index (κ2) is 9.38. The summed E-state index contributed by atoms with van der Waals surface area (Å²) in [5.74, 6) is 2.12. The number of aliphatic hydroxyl groups excluding tert-OH is 1. The number of hydrogen-bond donors (Lipinski definition) is 3. The SMILES string of the molecule is CCOc1ccc(Br)cc1-c1cc(Nc2ccc(OCCO)cc2)nc(N)n1. The van der Waals surface area contributed by atoms with E-state index in [1.54, 1.807) is 0 Å². The van der Waals surface area contributed by atoms with Crippen LogP contribution in [0.15, 0.2) is 53.0 Å². The molecule has 0 saturated carbocycles. The predicted molar refractivity (Wildman–Crippen MR) is 113 cm³/mol. The van der Waals surface area contributed by atoms with Crippen LogP contribution in [0.25, 0.3) is 11.3 Å². The Morgan fingerprint density at radius 1 is 1.07 bits per heavy atom. The third-order valence-electron chi connectivity index (χ3n) is 3.75. The van der Waals surface area contributed by atoms with E-state index in [1.165, 1.54) is 0 Å². The van der Waals surface area contributed by atoms with E-state index in [0.717, 1.165) is 21.5 Å². The Hall–Kier alpha value is -2.84. The first-order valence-corrected chi connectivity index (χ1v) is 9.56. The van der Waals surface area contributed by atoms with Crippen LogP contribution in [0, 0.1) is 0 Å². The molecule has 0 radical (unpaired) electrons. The van der Waals surface area contributed by atoms with Crippen molar-refractivity contribution in [3.05, 3.63) is 53.0 Å². The van der Waals surface area contributed by atoms with E-state index < -0.39 is 0 Å². The van der Waals surface area contributed by atoms with Gasteiger partial charge in [-0.15, -0.1) is 0 Å². The summed E-state index contributed by atoms with van der Waals surface area (Å²) in [7, 11) is 0. The first-order chi connectivity index (χ1) is 13.6. The van der Waals surface area contributed by atoms with E-state index in [2.05, 4.69) is 31.2 Å². The molecule has 1 aromatic heterocycles. The summed E-state index contributed by atoms with van der Waals surface area (Å²) in [5.41, 5.74) is 8.23. The van der Waals surface area contributed by atoms with E-state index in [9.17, 15) is 0 Å². The normalized spacial score (nSPS) is 10.5. The van der Waals surface area contributed by atoms with Crippen molar-refractivity contribution >= 4 is 33.4 Å². The number of anilines is 3. The molecule has 0 amide bonds. The minimum atomic E-state index is -0.0255. The van der Waals surface area contributed by atoms with Gasteiger partial charge in [-0.1, -0.05) is 15.9 Å². The molecule has 0 fully saturated rings. The molecule has 0 spiro atoms. The van der Waals surface area contributed by atoms with Crippen LogP contribution in [0.2, 0.25) is 0 Å². The number of hydrogen-bond acceptors (Lipinski definition) is 7. The highest BCUT2D eigenvalue weighted by Gasteiger charge is 2.12. The van der Waals surface area contributed by atoms with Crippen molar-refractivity contribution in [1.82, 2.24) is 9.97 Å². The average molecular weight is 445 g/mol. The predicted octanol–water partition coefficient (Wildman–Crippen LogP) is 4.00. The lowest BCUT2D eigenvalue weighted by atomic mass is 10.1. The molecule has 2 aromatic carbocycles. The van der Waals surface area contributed by atoms with Gasteiger partial charge in [-0.05, 0) is 49.4 Å². The van der Waals surface area contributed by atoms with E-state index in [1.807, 2.05) is 55.5 Å². The van der Waals surface area contributed by atoms with Gasteiger partial charge in [0.25, 0.3) is 0 Å². The smallest absolute Gasteiger partial charge is 0.222 e. The summed E-state index contributed by atoms with van der Waals surface area (Å²) in [6.45, 7) is 2.71. The van der Waals surface area contributed by atoms with Gasteiger partial charge in [0.15, 0.2) is 0 Å². The number of aliphatic hydroxyl groups is 1. The minimum Gasteiger partial charge on any atom is -0.493 e. The maximum atomic E-state index is 8.82. The minimum absolute atomic E-state index is 0.0255. The van der Waals surface area contributed by atoms with Gasteiger partial charge < -0.3 is 25.6 Å². The molecule has 28 heavy (non-hydrogen) atoms. The van der Waals surface area contributed by atoms with Gasteiger partial charge in [0.2, 0.25) is 5.95 Å². The molecule has 3 rings (SSSR count). The summed E-state index contributed by atoms with van der Waals surface area (Å²) in [6.07, 6.45) is 0. The summed E-state index contributed by atoms with van der Waals surface area (Å²) in [4.78, 5) is 8.62. The highest BCUT2D eigenvalue weighted by molar-refractivity contribution is 9.10. The van der Waals surface area contributed by atoms with Gasteiger partial charge in [-0.25, -0.2) is 4.98 Å². The number of benzene rings is 2. The van der Waals surface area contributed by atoms with Crippen LogP contribution in [-0.4, -0.2) is 34.9 Å². The molecule has 0 unspecified atom stereocenters. The molecular formula is C20H21BrN4O3. The molecule has 0 aliphatic carbocycles. The number of ether oxygens (including phenoxy) is 2. The lowest BCUT2D eigenvalue weighted by Crippen LogP contribution is -2.03. The molecule has 146 valence electrons. The molecule has 0 aliphatic heterocycles. The molecule has 3 aromatic rings. The summed E-state index contributed by atoms with van der Waals surface area (Å²) < 4.78 is 12.0. The Kier molecular flexibility index (Phi) is 6.67. The molecule has 0 atom stereocenters. The van der Waals surface area contributed by atoms with Crippen LogP contribution >= 0.6 is 15.9 Å². The van der Waals surface area contributed by atoms with Crippen molar-refractivity contribution in [2.24, 2.45) is 0 Å².